The van der Waals surface area contributed by atoms with Crippen LogP contribution in [0.3, 0.4) is 0 Å². The molecule has 1 amide bonds. The molecule has 4 aliphatic carbocycles. The summed E-state index contributed by atoms with van der Waals surface area (Å²) in [6.45, 7) is 4.39. The summed E-state index contributed by atoms with van der Waals surface area (Å²) in [4.78, 5) is 11.1. The largest absolute Gasteiger partial charge is 0.446 e. The molecule has 0 radical (unpaired) electrons. The molecule has 4 aliphatic rings. The third kappa shape index (κ3) is 1.74. The highest BCUT2D eigenvalue weighted by Crippen LogP contribution is 2.67. The summed E-state index contributed by atoms with van der Waals surface area (Å²) in [7, 11) is 0. The smallest absolute Gasteiger partial charge is 0.404 e. The summed E-state index contributed by atoms with van der Waals surface area (Å²) in [5, 5.41) is 0. The predicted octanol–water partition coefficient (Wildman–Crippen LogP) is 3.47. The topological polar surface area (TPSA) is 52.3 Å². The maximum absolute atomic E-state index is 11.1. The van der Waals surface area contributed by atoms with E-state index in [1.165, 1.54) is 44.9 Å². The molecule has 0 aromatic heterocycles. The molecule has 4 fully saturated rings. The second-order valence-electron chi connectivity index (χ2n) is 7.26. The summed E-state index contributed by atoms with van der Waals surface area (Å²) in [6.07, 6.45) is 8.64. The lowest BCUT2D eigenvalue weighted by molar-refractivity contribution is -0.155. The first-order chi connectivity index (χ1) is 8.47. The van der Waals surface area contributed by atoms with Crippen LogP contribution >= 0.6 is 0 Å². The van der Waals surface area contributed by atoms with Gasteiger partial charge in [0.05, 0.1) is 0 Å². The fourth-order valence-corrected chi connectivity index (χ4v) is 5.71. The Balaban J connectivity index is 1.86. The standard InChI is InChI=1S/C15H25NO2/c1-3-14-5-11-4-12(6-14)8-15(7-11,9-14)10(2)18-13(16)17/h10-12H,3-9H2,1-2H3,(H2,16,17). The van der Waals surface area contributed by atoms with Gasteiger partial charge in [-0.1, -0.05) is 13.3 Å². The zero-order valence-electron chi connectivity index (χ0n) is 11.6. The Bertz CT molecular complexity index is 352. The van der Waals surface area contributed by atoms with Crippen molar-refractivity contribution in [1.82, 2.24) is 0 Å². The van der Waals surface area contributed by atoms with Gasteiger partial charge >= 0.3 is 6.09 Å². The Kier molecular flexibility index (Phi) is 2.65. The Morgan fingerprint density at radius 3 is 2.44 bits per heavy atom. The van der Waals surface area contributed by atoms with Crippen molar-refractivity contribution in [3.63, 3.8) is 0 Å². The van der Waals surface area contributed by atoms with Gasteiger partial charge < -0.3 is 10.5 Å². The molecule has 18 heavy (non-hydrogen) atoms. The lowest BCUT2D eigenvalue weighted by atomic mass is 9.42. The van der Waals surface area contributed by atoms with Crippen LogP contribution in [0.4, 0.5) is 4.79 Å². The quantitative estimate of drug-likeness (QED) is 0.835. The Morgan fingerprint density at radius 1 is 1.33 bits per heavy atom. The van der Waals surface area contributed by atoms with Gasteiger partial charge in [-0.3, -0.25) is 0 Å². The van der Waals surface area contributed by atoms with Crippen molar-refractivity contribution in [2.24, 2.45) is 28.4 Å². The number of hydrogen-bond acceptors (Lipinski definition) is 2. The maximum Gasteiger partial charge on any atom is 0.404 e. The predicted molar refractivity (Wildman–Crippen MR) is 70.0 cm³/mol. The van der Waals surface area contributed by atoms with Crippen molar-refractivity contribution in [3.8, 4) is 0 Å². The van der Waals surface area contributed by atoms with Gasteiger partial charge in [-0.2, -0.15) is 0 Å². The molecular formula is C15H25NO2. The third-order valence-corrected chi connectivity index (χ3v) is 6.13. The van der Waals surface area contributed by atoms with E-state index in [0.717, 1.165) is 11.8 Å². The van der Waals surface area contributed by atoms with E-state index in [0.29, 0.717) is 5.41 Å². The van der Waals surface area contributed by atoms with Crippen LogP contribution in [-0.4, -0.2) is 12.2 Å². The van der Waals surface area contributed by atoms with Gasteiger partial charge in [0.15, 0.2) is 0 Å². The normalized spacial score (nSPS) is 47.0. The molecule has 0 aliphatic heterocycles. The molecule has 3 heteroatoms. The van der Waals surface area contributed by atoms with Crippen LogP contribution in [0.25, 0.3) is 0 Å². The highest BCUT2D eigenvalue weighted by Gasteiger charge is 2.59. The number of carbonyl (C=O) groups excluding carboxylic acids is 1. The molecule has 0 aromatic carbocycles. The number of carbonyl (C=O) groups is 1. The highest BCUT2D eigenvalue weighted by molar-refractivity contribution is 5.64. The third-order valence-electron chi connectivity index (χ3n) is 6.13. The number of rotatable bonds is 3. The van der Waals surface area contributed by atoms with Crippen molar-refractivity contribution in [1.29, 1.82) is 0 Å². The first kappa shape index (κ1) is 12.3. The van der Waals surface area contributed by atoms with Gasteiger partial charge in [-0.05, 0) is 62.7 Å². The molecular weight excluding hydrogens is 226 g/mol. The lowest BCUT2D eigenvalue weighted by Crippen LogP contribution is -2.56. The van der Waals surface area contributed by atoms with E-state index in [1.807, 2.05) is 0 Å². The van der Waals surface area contributed by atoms with E-state index >= 15 is 0 Å². The number of ether oxygens (including phenoxy) is 1. The van der Waals surface area contributed by atoms with E-state index in [-0.39, 0.29) is 11.5 Å². The molecule has 0 spiro atoms. The Hall–Kier alpha value is -0.730. The van der Waals surface area contributed by atoms with Crippen molar-refractivity contribution < 1.29 is 9.53 Å². The van der Waals surface area contributed by atoms with Gasteiger partial charge in [0.25, 0.3) is 0 Å². The van der Waals surface area contributed by atoms with E-state index in [9.17, 15) is 4.79 Å². The van der Waals surface area contributed by atoms with Crippen molar-refractivity contribution >= 4 is 6.09 Å². The first-order valence-corrected chi connectivity index (χ1v) is 7.43. The van der Waals surface area contributed by atoms with E-state index < -0.39 is 6.09 Å². The van der Waals surface area contributed by atoms with Crippen LogP contribution in [0.5, 0.6) is 0 Å². The Labute approximate surface area is 109 Å². The lowest BCUT2D eigenvalue weighted by Gasteiger charge is -2.63. The van der Waals surface area contributed by atoms with Crippen LogP contribution in [-0.2, 0) is 4.74 Å². The Morgan fingerprint density at radius 2 is 1.94 bits per heavy atom. The zero-order valence-corrected chi connectivity index (χ0v) is 11.6. The van der Waals surface area contributed by atoms with Crippen LogP contribution in [0.1, 0.15) is 58.8 Å². The molecule has 4 rings (SSSR count). The fourth-order valence-electron chi connectivity index (χ4n) is 5.71. The van der Waals surface area contributed by atoms with Gasteiger partial charge in [-0.15, -0.1) is 0 Å². The fraction of sp³-hybridized carbons (Fsp3) is 0.933. The monoisotopic (exact) mass is 251 g/mol. The van der Waals surface area contributed by atoms with Gasteiger partial charge in [-0.25, -0.2) is 4.79 Å². The maximum atomic E-state index is 11.1. The average Bonchev–Trinajstić information content (AvgIpc) is 2.26. The summed E-state index contributed by atoms with van der Waals surface area (Å²) in [6, 6.07) is 0. The second-order valence-corrected chi connectivity index (χ2v) is 7.26. The molecule has 2 N–H and O–H groups in total. The average molecular weight is 251 g/mol. The SMILES string of the molecule is CCC12CC3CC(C1)CC(C(C)OC(N)=O)(C3)C2. The summed E-state index contributed by atoms with van der Waals surface area (Å²) >= 11 is 0. The van der Waals surface area contributed by atoms with Crippen LogP contribution in [0.15, 0.2) is 0 Å². The summed E-state index contributed by atoms with van der Waals surface area (Å²) in [5.74, 6) is 1.73. The molecule has 4 bridgehead atoms. The second kappa shape index (κ2) is 3.88. The number of hydrogen-bond donors (Lipinski definition) is 1. The minimum absolute atomic E-state index is 0.00757. The van der Waals surface area contributed by atoms with E-state index in [1.54, 1.807) is 0 Å². The highest BCUT2D eigenvalue weighted by atomic mass is 16.6. The minimum atomic E-state index is -0.608. The van der Waals surface area contributed by atoms with E-state index in [4.69, 9.17) is 10.5 Å². The molecule has 0 heterocycles. The molecule has 0 saturated heterocycles. The summed E-state index contributed by atoms with van der Waals surface area (Å²) in [5.41, 5.74) is 5.99. The van der Waals surface area contributed by atoms with Crippen molar-refractivity contribution in [2.45, 2.75) is 64.9 Å². The van der Waals surface area contributed by atoms with Crippen molar-refractivity contribution in [3.05, 3.63) is 0 Å². The van der Waals surface area contributed by atoms with Crippen LogP contribution < -0.4 is 5.73 Å². The first-order valence-electron chi connectivity index (χ1n) is 7.43. The van der Waals surface area contributed by atoms with E-state index in [2.05, 4.69) is 13.8 Å². The van der Waals surface area contributed by atoms with Gasteiger partial charge in [0, 0.05) is 5.41 Å². The number of amides is 1. The molecule has 102 valence electrons. The molecule has 3 unspecified atom stereocenters. The zero-order chi connectivity index (χ0) is 13.0. The minimum Gasteiger partial charge on any atom is -0.446 e. The van der Waals surface area contributed by atoms with Crippen molar-refractivity contribution in [2.75, 3.05) is 0 Å². The van der Waals surface area contributed by atoms with Crippen LogP contribution in [0, 0.1) is 22.7 Å². The number of nitrogens with two attached hydrogens (primary N) is 1. The molecule has 0 aromatic rings. The molecule has 3 nitrogen and oxygen atoms in total. The molecule has 3 atom stereocenters. The summed E-state index contributed by atoms with van der Waals surface area (Å²) < 4.78 is 5.36. The molecule has 4 saturated carbocycles. The van der Waals surface area contributed by atoms with Crippen LogP contribution in [0.2, 0.25) is 0 Å². The van der Waals surface area contributed by atoms with Gasteiger partial charge in [0.1, 0.15) is 6.10 Å². The van der Waals surface area contributed by atoms with Gasteiger partial charge in [0.2, 0.25) is 0 Å². The number of primary amides is 1.